The maximum Gasteiger partial charge on any atom is 0.322 e. The van der Waals surface area contributed by atoms with Crippen LogP contribution in [0, 0.1) is 6.92 Å². The fourth-order valence-electron chi connectivity index (χ4n) is 3.00. The van der Waals surface area contributed by atoms with E-state index in [0.717, 1.165) is 35.5 Å². The molecule has 0 radical (unpaired) electrons. The number of aromatic nitrogens is 1. The second-order valence-corrected chi connectivity index (χ2v) is 6.86. The van der Waals surface area contributed by atoms with Crippen LogP contribution in [0.3, 0.4) is 0 Å². The molecule has 0 bridgehead atoms. The number of aliphatic hydroxyl groups is 1. The quantitative estimate of drug-likeness (QED) is 0.900. The summed E-state index contributed by atoms with van der Waals surface area (Å²) in [6, 6.07) is 5.66. The fourth-order valence-corrected chi connectivity index (χ4v) is 3.73. The molecule has 2 amide bonds. The van der Waals surface area contributed by atoms with E-state index in [9.17, 15) is 9.90 Å². The first-order valence-electron chi connectivity index (χ1n) is 7.85. The minimum Gasteiger partial charge on any atom is -0.387 e. The molecule has 1 saturated heterocycles. The summed E-state index contributed by atoms with van der Waals surface area (Å²) in [5, 5.41) is 15.3. The molecular weight excluding hydrogens is 310 g/mol. The number of hydrogen-bond acceptors (Lipinski definition) is 4. The van der Waals surface area contributed by atoms with E-state index in [1.165, 1.54) is 0 Å². The molecule has 122 valence electrons. The van der Waals surface area contributed by atoms with E-state index in [1.54, 1.807) is 29.8 Å². The number of carbonyl (C=O) groups excluding carboxylic acids is 1. The molecule has 3 rings (SSSR count). The summed E-state index contributed by atoms with van der Waals surface area (Å²) in [6.45, 7) is 2.66. The van der Waals surface area contributed by atoms with Crippen LogP contribution in [0.5, 0.6) is 0 Å². The molecule has 2 unspecified atom stereocenters. The van der Waals surface area contributed by atoms with Gasteiger partial charge in [0.25, 0.3) is 0 Å². The van der Waals surface area contributed by atoms with Gasteiger partial charge >= 0.3 is 6.03 Å². The Morgan fingerprint density at radius 3 is 3.17 bits per heavy atom. The number of rotatable bonds is 4. The molecule has 2 aromatic rings. The molecule has 0 aliphatic carbocycles. The summed E-state index contributed by atoms with van der Waals surface area (Å²) < 4.78 is 0. The Bertz CT molecular complexity index is 660. The predicted molar refractivity (Wildman–Crippen MR) is 91.6 cm³/mol. The molecule has 2 aromatic heterocycles. The van der Waals surface area contributed by atoms with E-state index in [0.29, 0.717) is 6.42 Å². The van der Waals surface area contributed by atoms with Crippen molar-refractivity contribution >= 4 is 23.1 Å². The minimum atomic E-state index is -0.504. The van der Waals surface area contributed by atoms with Gasteiger partial charge in [0.1, 0.15) is 0 Å². The van der Waals surface area contributed by atoms with Gasteiger partial charge in [-0.25, -0.2) is 4.79 Å². The van der Waals surface area contributed by atoms with Crippen LogP contribution in [0.1, 0.15) is 35.8 Å². The van der Waals surface area contributed by atoms with Crippen molar-refractivity contribution in [3.63, 3.8) is 0 Å². The van der Waals surface area contributed by atoms with Gasteiger partial charge in [-0.2, -0.15) is 0 Å². The van der Waals surface area contributed by atoms with Gasteiger partial charge < -0.3 is 15.3 Å². The number of aliphatic hydroxyl groups excluding tert-OH is 1. The molecule has 23 heavy (non-hydrogen) atoms. The monoisotopic (exact) mass is 331 g/mol. The fraction of sp³-hybridized carbons (Fsp3) is 0.412. The third-order valence-electron chi connectivity index (χ3n) is 4.27. The second-order valence-electron chi connectivity index (χ2n) is 5.88. The number of aryl methyl sites for hydroxylation is 1. The van der Waals surface area contributed by atoms with Crippen LogP contribution in [0.2, 0.25) is 0 Å². The number of thiophene rings is 1. The normalized spacial score (nSPS) is 18.9. The number of pyridine rings is 1. The van der Waals surface area contributed by atoms with Gasteiger partial charge in [0.15, 0.2) is 0 Å². The SMILES string of the molecule is Cc1cnccc1NC(=O)N1CCCC1CC(O)c1cccs1. The smallest absolute Gasteiger partial charge is 0.322 e. The zero-order valence-corrected chi connectivity index (χ0v) is 13.9. The van der Waals surface area contributed by atoms with E-state index < -0.39 is 6.10 Å². The summed E-state index contributed by atoms with van der Waals surface area (Å²) in [5.74, 6) is 0. The summed E-state index contributed by atoms with van der Waals surface area (Å²) in [4.78, 5) is 19.4. The van der Waals surface area contributed by atoms with E-state index >= 15 is 0 Å². The number of nitrogens with zero attached hydrogens (tertiary/aromatic N) is 2. The van der Waals surface area contributed by atoms with E-state index in [-0.39, 0.29) is 12.1 Å². The van der Waals surface area contributed by atoms with Gasteiger partial charge in [-0.3, -0.25) is 4.98 Å². The van der Waals surface area contributed by atoms with Crippen molar-refractivity contribution in [1.82, 2.24) is 9.88 Å². The molecule has 0 aromatic carbocycles. The Morgan fingerprint density at radius 1 is 1.57 bits per heavy atom. The molecule has 1 aliphatic heterocycles. The van der Waals surface area contributed by atoms with Crippen LogP contribution in [0.15, 0.2) is 36.0 Å². The maximum absolute atomic E-state index is 12.6. The van der Waals surface area contributed by atoms with Crippen LogP contribution >= 0.6 is 11.3 Å². The van der Waals surface area contributed by atoms with E-state index in [2.05, 4.69) is 10.3 Å². The largest absolute Gasteiger partial charge is 0.387 e. The molecule has 0 spiro atoms. The number of urea groups is 1. The highest BCUT2D eigenvalue weighted by atomic mass is 32.1. The van der Waals surface area contributed by atoms with E-state index in [1.807, 2.05) is 29.3 Å². The zero-order valence-electron chi connectivity index (χ0n) is 13.1. The molecule has 5 nitrogen and oxygen atoms in total. The van der Waals surface area contributed by atoms with Crippen molar-refractivity contribution in [3.8, 4) is 0 Å². The molecule has 6 heteroatoms. The van der Waals surface area contributed by atoms with Crippen molar-refractivity contribution in [2.24, 2.45) is 0 Å². The number of carbonyl (C=O) groups is 1. The lowest BCUT2D eigenvalue weighted by molar-refractivity contribution is 0.132. The summed E-state index contributed by atoms with van der Waals surface area (Å²) >= 11 is 1.55. The lowest BCUT2D eigenvalue weighted by atomic mass is 10.1. The molecule has 3 heterocycles. The zero-order chi connectivity index (χ0) is 16.2. The lowest BCUT2D eigenvalue weighted by Gasteiger charge is -2.26. The molecule has 2 N–H and O–H groups in total. The maximum atomic E-state index is 12.6. The molecule has 2 atom stereocenters. The second kappa shape index (κ2) is 7.10. The highest BCUT2D eigenvalue weighted by Crippen LogP contribution is 2.30. The van der Waals surface area contributed by atoms with Crippen LogP contribution < -0.4 is 5.32 Å². The van der Waals surface area contributed by atoms with Crippen LogP contribution in [0.25, 0.3) is 0 Å². The first-order chi connectivity index (χ1) is 11.1. The van der Waals surface area contributed by atoms with Crippen molar-refractivity contribution < 1.29 is 9.90 Å². The van der Waals surface area contributed by atoms with Gasteiger partial charge in [-0.1, -0.05) is 6.07 Å². The molecular formula is C17H21N3O2S. The Kier molecular flexibility index (Phi) is 4.93. The topological polar surface area (TPSA) is 65.5 Å². The Morgan fingerprint density at radius 2 is 2.43 bits per heavy atom. The highest BCUT2D eigenvalue weighted by Gasteiger charge is 2.31. The first-order valence-corrected chi connectivity index (χ1v) is 8.73. The van der Waals surface area contributed by atoms with Gasteiger partial charge in [0.2, 0.25) is 0 Å². The van der Waals surface area contributed by atoms with Gasteiger partial charge in [-0.15, -0.1) is 11.3 Å². The Balaban J connectivity index is 1.64. The highest BCUT2D eigenvalue weighted by molar-refractivity contribution is 7.10. The van der Waals surface area contributed by atoms with Crippen molar-refractivity contribution in [1.29, 1.82) is 0 Å². The van der Waals surface area contributed by atoms with Crippen LogP contribution in [-0.4, -0.2) is 33.6 Å². The van der Waals surface area contributed by atoms with Crippen LogP contribution in [-0.2, 0) is 0 Å². The number of hydrogen-bond donors (Lipinski definition) is 2. The predicted octanol–water partition coefficient (Wildman–Crippen LogP) is 3.57. The standard InChI is InChI=1S/C17H21N3O2S/c1-12-11-18-7-6-14(12)19-17(22)20-8-2-4-13(20)10-15(21)16-5-3-9-23-16/h3,5-7,9,11,13,15,21H,2,4,8,10H2,1H3,(H,18,19,22). The molecule has 0 saturated carbocycles. The first kappa shape index (κ1) is 16.0. The number of nitrogens with one attached hydrogen (secondary N) is 1. The van der Waals surface area contributed by atoms with Gasteiger partial charge in [0.05, 0.1) is 6.10 Å². The third kappa shape index (κ3) is 3.71. The average molecular weight is 331 g/mol. The Labute approximate surface area is 140 Å². The van der Waals surface area contributed by atoms with Crippen molar-refractivity contribution in [2.45, 2.75) is 38.3 Å². The Hall–Kier alpha value is -1.92. The summed E-state index contributed by atoms with van der Waals surface area (Å²) in [7, 11) is 0. The minimum absolute atomic E-state index is 0.0780. The van der Waals surface area contributed by atoms with E-state index in [4.69, 9.17) is 0 Å². The molecule has 1 aliphatic rings. The number of amides is 2. The summed E-state index contributed by atoms with van der Waals surface area (Å²) in [5.41, 5.74) is 1.73. The summed E-state index contributed by atoms with van der Waals surface area (Å²) in [6.07, 6.45) is 5.40. The third-order valence-corrected chi connectivity index (χ3v) is 5.24. The average Bonchev–Trinajstić information content (AvgIpc) is 3.20. The lowest BCUT2D eigenvalue weighted by Crippen LogP contribution is -2.39. The molecule has 1 fully saturated rings. The number of anilines is 1. The van der Waals surface area contributed by atoms with Gasteiger partial charge in [0, 0.05) is 35.5 Å². The van der Waals surface area contributed by atoms with Crippen molar-refractivity contribution in [2.75, 3.05) is 11.9 Å². The number of likely N-dealkylation sites (tertiary alicyclic amines) is 1. The van der Waals surface area contributed by atoms with Crippen molar-refractivity contribution in [3.05, 3.63) is 46.4 Å². The van der Waals surface area contributed by atoms with Gasteiger partial charge in [-0.05, 0) is 49.3 Å². The van der Waals surface area contributed by atoms with Crippen LogP contribution in [0.4, 0.5) is 10.5 Å².